The second-order valence-electron chi connectivity index (χ2n) is 5.13. The van der Waals surface area contributed by atoms with Crippen LogP contribution >= 0.6 is 23.2 Å². The van der Waals surface area contributed by atoms with Crippen LogP contribution < -0.4 is 5.32 Å². The molecule has 1 N–H and O–H groups in total. The lowest BCUT2D eigenvalue weighted by atomic mass is 10.1. The number of morpholine rings is 1. The van der Waals surface area contributed by atoms with Crippen LogP contribution in [0.15, 0.2) is 30.7 Å². The Bertz CT molecular complexity index is 623. The topological polar surface area (TPSA) is 39.1 Å². The van der Waals surface area contributed by atoms with Crippen molar-refractivity contribution in [2.75, 3.05) is 19.7 Å². The van der Waals surface area contributed by atoms with Gasteiger partial charge in [-0.1, -0.05) is 29.3 Å². The van der Waals surface area contributed by atoms with Crippen molar-refractivity contribution in [3.8, 4) is 0 Å². The van der Waals surface area contributed by atoms with E-state index in [0.29, 0.717) is 16.7 Å². The van der Waals surface area contributed by atoms with E-state index in [2.05, 4.69) is 21.8 Å². The summed E-state index contributed by atoms with van der Waals surface area (Å²) in [7, 11) is 0. The maximum atomic E-state index is 6.32. The molecule has 1 saturated heterocycles. The summed E-state index contributed by atoms with van der Waals surface area (Å²) < 4.78 is 7.92. The molecule has 4 nitrogen and oxygen atoms in total. The van der Waals surface area contributed by atoms with Crippen molar-refractivity contribution < 1.29 is 4.74 Å². The first-order valence-electron chi connectivity index (χ1n) is 6.96. The average Bonchev–Trinajstić information content (AvgIpc) is 2.97. The van der Waals surface area contributed by atoms with Gasteiger partial charge in [0.05, 0.1) is 30.9 Å². The molecule has 1 aliphatic rings. The van der Waals surface area contributed by atoms with Gasteiger partial charge >= 0.3 is 0 Å². The van der Waals surface area contributed by atoms with Gasteiger partial charge in [0.15, 0.2) is 0 Å². The maximum Gasteiger partial charge on any atom is 0.111 e. The lowest BCUT2D eigenvalue weighted by Crippen LogP contribution is -2.34. The van der Waals surface area contributed by atoms with Gasteiger partial charge in [-0.3, -0.25) is 0 Å². The highest BCUT2D eigenvalue weighted by atomic mass is 35.5. The first-order valence-corrected chi connectivity index (χ1v) is 7.71. The van der Waals surface area contributed by atoms with Crippen molar-refractivity contribution in [1.82, 2.24) is 14.9 Å². The minimum absolute atomic E-state index is 0.0229. The third kappa shape index (κ3) is 3.09. The Morgan fingerprint density at radius 1 is 1.43 bits per heavy atom. The Morgan fingerprint density at radius 2 is 2.29 bits per heavy atom. The molecule has 6 heteroatoms. The smallest absolute Gasteiger partial charge is 0.111 e. The number of hydrogen-bond donors (Lipinski definition) is 1. The normalized spacial score (nSPS) is 20.4. The number of benzene rings is 1. The summed E-state index contributed by atoms with van der Waals surface area (Å²) in [6, 6.07) is 5.65. The second-order valence-corrected chi connectivity index (χ2v) is 5.97. The van der Waals surface area contributed by atoms with Crippen LogP contribution in [0, 0.1) is 0 Å². The predicted molar refractivity (Wildman–Crippen MR) is 84.1 cm³/mol. The largest absolute Gasteiger partial charge is 0.369 e. The predicted octanol–water partition coefficient (Wildman–Crippen LogP) is 3.46. The first-order chi connectivity index (χ1) is 10.2. The van der Waals surface area contributed by atoms with E-state index in [0.717, 1.165) is 24.3 Å². The molecular formula is C15H17Cl2N3O. The number of hydrogen-bond acceptors (Lipinski definition) is 3. The zero-order valence-electron chi connectivity index (χ0n) is 11.7. The summed E-state index contributed by atoms with van der Waals surface area (Å²) in [5, 5.41) is 4.64. The van der Waals surface area contributed by atoms with Gasteiger partial charge in [-0.2, -0.15) is 0 Å². The van der Waals surface area contributed by atoms with E-state index in [-0.39, 0.29) is 12.1 Å². The Morgan fingerprint density at radius 3 is 3.00 bits per heavy atom. The molecular weight excluding hydrogens is 309 g/mol. The average molecular weight is 326 g/mol. The summed E-state index contributed by atoms with van der Waals surface area (Å²) in [6.45, 7) is 4.50. The van der Waals surface area contributed by atoms with Crippen LogP contribution in [0.2, 0.25) is 10.0 Å². The van der Waals surface area contributed by atoms with Crippen molar-refractivity contribution in [2.45, 2.75) is 19.1 Å². The molecule has 112 valence electrons. The van der Waals surface area contributed by atoms with E-state index in [1.807, 2.05) is 24.7 Å². The Kier molecular flexibility index (Phi) is 4.50. The number of aromatic nitrogens is 2. The van der Waals surface area contributed by atoms with Crippen LogP contribution in [0.4, 0.5) is 0 Å². The molecule has 2 aromatic rings. The van der Waals surface area contributed by atoms with Crippen LogP contribution in [0.5, 0.6) is 0 Å². The van der Waals surface area contributed by atoms with E-state index < -0.39 is 0 Å². The molecule has 2 unspecified atom stereocenters. The SMILES string of the molecule is CC(c1ccc(Cl)cc1Cl)n1cncc1C1CNCCO1. The van der Waals surface area contributed by atoms with E-state index >= 15 is 0 Å². The quantitative estimate of drug-likeness (QED) is 0.939. The molecule has 2 atom stereocenters. The summed E-state index contributed by atoms with van der Waals surface area (Å²) in [5.74, 6) is 0. The Balaban J connectivity index is 1.91. The summed E-state index contributed by atoms with van der Waals surface area (Å²) in [6.07, 6.45) is 3.70. The van der Waals surface area contributed by atoms with E-state index in [1.54, 1.807) is 6.07 Å². The molecule has 0 spiro atoms. The highest BCUT2D eigenvalue weighted by molar-refractivity contribution is 6.35. The second kappa shape index (κ2) is 6.36. The molecule has 0 radical (unpaired) electrons. The fourth-order valence-electron chi connectivity index (χ4n) is 2.63. The molecule has 0 bridgehead atoms. The van der Waals surface area contributed by atoms with Gasteiger partial charge in [0, 0.05) is 23.1 Å². The summed E-state index contributed by atoms with van der Waals surface area (Å²) in [4.78, 5) is 4.28. The van der Waals surface area contributed by atoms with Crippen molar-refractivity contribution in [3.63, 3.8) is 0 Å². The van der Waals surface area contributed by atoms with Crippen molar-refractivity contribution in [2.24, 2.45) is 0 Å². The first kappa shape index (κ1) is 14.9. The molecule has 3 rings (SSSR count). The molecule has 1 fully saturated rings. The molecule has 0 aliphatic carbocycles. The van der Waals surface area contributed by atoms with Crippen LogP contribution in [0.1, 0.15) is 30.3 Å². The highest BCUT2D eigenvalue weighted by Gasteiger charge is 2.22. The number of imidazole rings is 1. The Labute approximate surface area is 134 Å². The lowest BCUT2D eigenvalue weighted by molar-refractivity contribution is 0.0224. The lowest BCUT2D eigenvalue weighted by Gasteiger charge is -2.27. The number of rotatable bonds is 3. The number of halogens is 2. The molecule has 0 saturated carbocycles. The van der Waals surface area contributed by atoms with Gasteiger partial charge in [0.2, 0.25) is 0 Å². The highest BCUT2D eigenvalue weighted by Crippen LogP contribution is 2.31. The molecule has 21 heavy (non-hydrogen) atoms. The van der Waals surface area contributed by atoms with Gasteiger partial charge in [-0.15, -0.1) is 0 Å². The minimum Gasteiger partial charge on any atom is -0.369 e. The third-order valence-electron chi connectivity index (χ3n) is 3.78. The summed E-state index contributed by atoms with van der Waals surface area (Å²) in [5.41, 5.74) is 2.07. The van der Waals surface area contributed by atoms with Crippen LogP contribution in [0.25, 0.3) is 0 Å². The maximum absolute atomic E-state index is 6.32. The summed E-state index contributed by atoms with van der Waals surface area (Å²) >= 11 is 12.3. The standard InChI is InChI=1S/C15H17Cl2N3O/c1-10(12-3-2-11(16)6-13(12)17)20-9-19-7-14(20)15-8-18-4-5-21-15/h2-3,6-7,9-10,15,18H,4-5,8H2,1H3. The minimum atomic E-state index is 0.0229. The van der Waals surface area contributed by atoms with Crippen molar-refractivity contribution >= 4 is 23.2 Å². The van der Waals surface area contributed by atoms with E-state index in [1.165, 1.54) is 0 Å². The molecule has 1 aliphatic heterocycles. The fraction of sp³-hybridized carbons (Fsp3) is 0.400. The van der Waals surface area contributed by atoms with Gasteiger partial charge in [-0.25, -0.2) is 4.98 Å². The monoisotopic (exact) mass is 325 g/mol. The molecule has 2 heterocycles. The third-order valence-corrected chi connectivity index (χ3v) is 4.35. The van der Waals surface area contributed by atoms with Gasteiger partial charge < -0.3 is 14.6 Å². The van der Waals surface area contributed by atoms with Crippen LogP contribution in [-0.4, -0.2) is 29.2 Å². The number of nitrogens with zero attached hydrogens (tertiary/aromatic N) is 2. The van der Waals surface area contributed by atoms with Crippen molar-refractivity contribution in [3.05, 3.63) is 52.0 Å². The van der Waals surface area contributed by atoms with E-state index in [4.69, 9.17) is 27.9 Å². The fourth-order valence-corrected chi connectivity index (χ4v) is 3.20. The van der Waals surface area contributed by atoms with E-state index in [9.17, 15) is 0 Å². The molecule has 0 amide bonds. The molecule has 1 aromatic carbocycles. The van der Waals surface area contributed by atoms with Crippen molar-refractivity contribution in [1.29, 1.82) is 0 Å². The van der Waals surface area contributed by atoms with Crippen LogP contribution in [0.3, 0.4) is 0 Å². The van der Waals surface area contributed by atoms with Crippen LogP contribution in [-0.2, 0) is 4.74 Å². The van der Waals surface area contributed by atoms with Gasteiger partial charge in [0.25, 0.3) is 0 Å². The number of nitrogens with one attached hydrogen (secondary N) is 1. The zero-order valence-corrected chi connectivity index (χ0v) is 13.2. The zero-order chi connectivity index (χ0) is 14.8. The molecule has 1 aromatic heterocycles. The van der Waals surface area contributed by atoms with Gasteiger partial charge in [0.1, 0.15) is 6.10 Å². The number of ether oxygens (including phenoxy) is 1. The van der Waals surface area contributed by atoms with Gasteiger partial charge in [-0.05, 0) is 24.6 Å². The Hall–Kier alpha value is -1.07.